The van der Waals surface area contributed by atoms with Crippen molar-refractivity contribution in [1.82, 2.24) is 5.32 Å². The number of para-hydroxylation sites is 1. The van der Waals surface area contributed by atoms with Crippen LogP contribution >= 0.6 is 0 Å². The summed E-state index contributed by atoms with van der Waals surface area (Å²) in [6.45, 7) is 2.46. The normalized spacial score (nSPS) is 11.7. The van der Waals surface area contributed by atoms with Crippen LogP contribution in [0.3, 0.4) is 0 Å². The first-order valence-electron chi connectivity index (χ1n) is 7.56. The fourth-order valence-electron chi connectivity index (χ4n) is 2.28. The average Bonchev–Trinajstić information content (AvgIpc) is 2.56. The van der Waals surface area contributed by atoms with Gasteiger partial charge in [0.2, 0.25) is 0 Å². The average molecular weight is 298 g/mol. The first-order chi connectivity index (χ1) is 10.7. The molecule has 2 aromatic carbocycles. The molecule has 0 aromatic heterocycles. The Hall–Kier alpha value is -2.33. The maximum absolute atomic E-state index is 11.9. The Morgan fingerprint density at radius 1 is 1.09 bits per heavy atom. The Balaban J connectivity index is 1.78. The summed E-state index contributed by atoms with van der Waals surface area (Å²) in [5, 5.41) is 15.6. The molecule has 3 N–H and O–H groups in total. The van der Waals surface area contributed by atoms with Crippen LogP contribution < -0.4 is 10.6 Å². The lowest BCUT2D eigenvalue weighted by Crippen LogP contribution is -2.30. The molecule has 0 aliphatic rings. The molecule has 22 heavy (non-hydrogen) atoms. The summed E-state index contributed by atoms with van der Waals surface area (Å²) in [5.74, 6) is 0. The lowest BCUT2D eigenvalue weighted by Gasteiger charge is -2.13. The van der Waals surface area contributed by atoms with Crippen LogP contribution in [0, 0.1) is 0 Å². The van der Waals surface area contributed by atoms with Gasteiger partial charge in [-0.05, 0) is 30.0 Å². The number of nitrogens with one attached hydrogen (secondary N) is 2. The minimum Gasteiger partial charge on any atom is -0.388 e. The highest BCUT2D eigenvalue weighted by Crippen LogP contribution is 2.16. The van der Waals surface area contributed by atoms with Crippen molar-refractivity contribution in [2.24, 2.45) is 0 Å². The molecule has 2 rings (SSSR count). The number of aliphatic hydroxyl groups excluding tert-OH is 1. The Bertz CT molecular complexity index is 599. The molecule has 4 nitrogen and oxygen atoms in total. The van der Waals surface area contributed by atoms with Gasteiger partial charge in [0.15, 0.2) is 0 Å². The molecule has 1 atom stereocenters. The Morgan fingerprint density at radius 2 is 1.77 bits per heavy atom. The van der Waals surface area contributed by atoms with Crippen molar-refractivity contribution >= 4 is 11.7 Å². The summed E-state index contributed by atoms with van der Waals surface area (Å²) in [6, 6.07) is 16.9. The molecule has 0 bridgehead atoms. The molecule has 0 fully saturated rings. The molecular formula is C18H22N2O2. The first kappa shape index (κ1) is 16.0. The van der Waals surface area contributed by atoms with Gasteiger partial charge in [0.05, 0.1) is 6.10 Å². The van der Waals surface area contributed by atoms with Gasteiger partial charge >= 0.3 is 6.03 Å². The second-order valence-electron chi connectivity index (χ2n) is 5.11. The number of carbonyl (C=O) groups is 1. The van der Waals surface area contributed by atoms with Crippen molar-refractivity contribution in [2.75, 3.05) is 11.9 Å². The minimum atomic E-state index is -0.565. The number of aliphatic hydroxyl groups is 1. The zero-order valence-corrected chi connectivity index (χ0v) is 12.8. The fourth-order valence-corrected chi connectivity index (χ4v) is 2.28. The second-order valence-corrected chi connectivity index (χ2v) is 5.11. The van der Waals surface area contributed by atoms with E-state index in [0.29, 0.717) is 13.0 Å². The standard InChI is InChI=1S/C18H22N2O2/c1-2-14-8-6-7-11-16(14)20-18(22)19-13-12-17(21)15-9-4-3-5-10-15/h3-11,17,21H,2,12-13H2,1H3,(H2,19,20,22). The summed E-state index contributed by atoms with van der Waals surface area (Å²) in [4.78, 5) is 11.9. The lowest BCUT2D eigenvalue weighted by molar-refractivity contribution is 0.167. The van der Waals surface area contributed by atoms with Crippen molar-refractivity contribution in [2.45, 2.75) is 25.9 Å². The van der Waals surface area contributed by atoms with Gasteiger partial charge in [-0.15, -0.1) is 0 Å². The highest BCUT2D eigenvalue weighted by Gasteiger charge is 2.08. The van der Waals surface area contributed by atoms with Crippen LogP contribution in [-0.4, -0.2) is 17.7 Å². The fraction of sp³-hybridized carbons (Fsp3) is 0.278. The van der Waals surface area contributed by atoms with Crippen LogP contribution in [0.2, 0.25) is 0 Å². The smallest absolute Gasteiger partial charge is 0.319 e. The number of aryl methyl sites for hydroxylation is 1. The van der Waals surface area contributed by atoms with Gasteiger partial charge in [0.1, 0.15) is 0 Å². The van der Waals surface area contributed by atoms with Crippen LogP contribution in [0.5, 0.6) is 0 Å². The maximum atomic E-state index is 11.9. The van der Waals surface area contributed by atoms with Gasteiger partial charge in [0, 0.05) is 12.2 Å². The molecule has 0 saturated heterocycles. The lowest BCUT2D eigenvalue weighted by atomic mass is 10.1. The van der Waals surface area contributed by atoms with Gasteiger partial charge in [-0.3, -0.25) is 0 Å². The molecule has 0 saturated carbocycles. The van der Waals surface area contributed by atoms with Crippen molar-refractivity contribution in [3.63, 3.8) is 0 Å². The second kappa shape index (κ2) is 8.20. The number of carbonyl (C=O) groups excluding carboxylic acids is 1. The van der Waals surface area contributed by atoms with Crippen LogP contribution in [0.25, 0.3) is 0 Å². The van der Waals surface area contributed by atoms with E-state index in [2.05, 4.69) is 17.6 Å². The number of benzene rings is 2. The molecule has 2 aromatic rings. The van der Waals surface area contributed by atoms with E-state index in [1.54, 1.807) is 0 Å². The van der Waals surface area contributed by atoms with E-state index < -0.39 is 6.10 Å². The molecule has 0 radical (unpaired) electrons. The molecule has 0 spiro atoms. The van der Waals surface area contributed by atoms with E-state index in [0.717, 1.165) is 23.2 Å². The number of anilines is 1. The summed E-state index contributed by atoms with van der Waals surface area (Å²) in [5.41, 5.74) is 2.79. The van der Waals surface area contributed by atoms with Crippen molar-refractivity contribution in [3.05, 3.63) is 65.7 Å². The molecular weight excluding hydrogens is 276 g/mol. The van der Waals surface area contributed by atoms with Crippen LogP contribution in [-0.2, 0) is 6.42 Å². The maximum Gasteiger partial charge on any atom is 0.319 e. The molecule has 0 heterocycles. The van der Waals surface area contributed by atoms with E-state index in [4.69, 9.17) is 0 Å². The highest BCUT2D eigenvalue weighted by molar-refractivity contribution is 5.90. The van der Waals surface area contributed by atoms with E-state index in [1.807, 2.05) is 54.6 Å². The summed E-state index contributed by atoms with van der Waals surface area (Å²) in [7, 11) is 0. The van der Waals surface area contributed by atoms with E-state index in [-0.39, 0.29) is 6.03 Å². The SMILES string of the molecule is CCc1ccccc1NC(=O)NCCC(O)c1ccccc1. The highest BCUT2D eigenvalue weighted by atomic mass is 16.3. The Morgan fingerprint density at radius 3 is 2.50 bits per heavy atom. The molecule has 2 amide bonds. The van der Waals surface area contributed by atoms with Crippen LogP contribution in [0.4, 0.5) is 10.5 Å². The number of rotatable bonds is 6. The molecule has 0 aliphatic heterocycles. The third kappa shape index (κ3) is 4.60. The third-order valence-electron chi connectivity index (χ3n) is 3.53. The Kier molecular flexibility index (Phi) is 5.98. The van der Waals surface area contributed by atoms with Crippen molar-refractivity contribution in [3.8, 4) is 0 Å². The van der Waals surface area contributed by atoms with Gasteiger partial charge in [0.25, 0.3) is 0 Å². The van der Waals surface area contributed by atoms with Gasteiger partial charge < -0.3 is 15.7 Å². The van der Waals surface area contributed by atoms with Gasteiger partial charge in [-0.25, -0.2) is 4.79 Å². The van der Waals surface area contributed by atoms with E-state index in [9.17, 15) is 9.90 Å². The minimum absolute atomic E-state index is 0.249. The number of urea groups is 1. The van der Waals surface area contributed by atoms with Crippen LogP contribution in [0.15, 0.2) is 54.6 Å². The van der Waals surface area contributed by atoms with Crippen LogP contribution in [0.1, 0.15) is 30.6 Å². The topological polar surface area (TPSA) is 61.4 Å². The van der Waals surface area contributed by atoms with Crippen molar-refractivity contribution < 1.29 is 9.90 Å². The molecule has 0 aliphatic carbocycles. The summed E-state index contributed by atoms with van der Waals surface area (Å²) >= 11 is 0. The summed E-state index contributed by atoms with van der Waals surface area (Å²) < 4.78 is 0. The largest absolute Gasteiger partial charge is 0.388 e. The van der Waals surface area contributed by atoms with Gasteiger partial charge in [-0.1, -0.05) is 55.5 Å². The number of hydrogen-bond acceptors (Lipinski definition) is 2. The predicted octanol–water partition coefficient (Wildman–Crippen LogP) is 3.49. The van der Waals surface area contributed by atoms with E-state index in [1.165, 1.54) is 0 Å². The number of hydrogen-bond donors (Lipinski definition) is 3. The monoisotopic (exact) mass is 298 g/mol. The zero-order chi connectivity index (χ0) is 15.8. The van der Waals surface area contributed by atoms with Gasteiger partial charge in [-0.2, -0.15) is 0 Å². The van der Waals surface area contributed by atoms with Crippen molar-refractivity contribution in [1.29, 1.82) is 0 Å². The molecule has 1 unspecified atom stereocenters. The van der Waals surface area contributed by atoms with E-state index >= 15 is 0 Å². The third-order valence-corrected chi connectivity index (χ3v) is 3.53. The summed E-state index contributed by atoms with van der Waals surface area (Å²) in [6.07, 6.45) is 0.778. The molecule has 116 valence electrons. The molecule has 4 heteroatoms. The quantitative estimate of drug-likeness (QED) is 0.764. The number of amides is 2. The zero-order valence-electron chi connectivity index (χ0n) is 12.8. The first-order valence-corrected chi connectivity index (χ1v) is 7.56. The Labute approximate surface area is 131 Å². The predicted molar refractivity (Wildman–Crippen MR) is 88.9 cm³/mol.